The minimum Gasteiger partial charge on any atom is -0.0925 e. The Kier molecular flexibility index (Phi) is 2.81. The van der Waals surface area contributed by atoms with Gasteiger partial charge in [-0.25, -0.2) is 0 Å². The molecule has 0 N–H and O–H groups in total. The van der Waals surface area contributed by atoms with Crippen LogP contribution in [0.2, 0.25) is 6.32 Å². The lowest BCUT2D eigenvalue weighted by molar-refractivity contribution is 1.64. The number of rotatable bonds is 2. The quantitative estimate of drug-likeness (QED) is 0.536. The van der Waals surface area contributed by atoms with Gasteiger partial charge in [-0.05, 0) is 5.56 Å². The molecule has 0 unspecified atom stereocenters. The zero-order valence-corrected chi connectivity index (χ0v) is 5.83. The van der Waals surface area contributed by atoms with Gasteiger partial charge in [0.15, 0.2) is 0 Å². The smallest absolute Gasteiger partial charge is 0.0708 e. The van der Waals surface area contributed by atoms with Crippen molar-refractivity contribution in [1.82, 2.24) is 0 Å². The SMILES string of the molecule is [B]C/C=C/c1ccccc1. The average molecular weight is 128 g/mol. The molecule has 0 aliphatic heterocycles. The van der Waals surface area contributed by atoms with Crippen molar-refractivity contribution < 1.29 is 0 Å². The highest BCUT2D eigenvalue weighted by Crippen LogP contribution is 2.00. The topological polar surface area (TPSA) is 0 Å². The highest BCUT2D eigenvalue weighted by Gasteiger charge is 1.78. The average Bonchev–Trinajstić information content (AvgIpc) is 2.03. The Labute approximate surface area is 63.0 Å². The lowest BCUT2D eigenvalue weighted by Crippen LogP contribution is -1.67. The highest BCUT2D eigenvalue weighted by molar-refractivity contribution is 6.09. The Morgan fingerprint density at radius 2 is 1.90 bits per heavy atom. The maximum atomic E-state index is 5.29. The Morgan fingerprint density at radius 1 is 1.20 bits per heavy atom. The van der Waals surface area contributed by atoms with Gasteiger partial charge in [-0.15, -0.1) is 0 Å². The van der Waals surface area contributed by atoms with Crippen molar-refractivity contribution >= 4 is 13.9 Å². The summed E-state index contributed by atoms with van der Waals surface area (Å²) in [5.74, 6) is 0. The van der Waals surface area contributed by atoms with E-state index in [0.29, 0.717) is 6.32 Å². The standard InChI is InChI=1S/C9H9B/c10-8-4-7-9-5-2-1-3-6-9/h1-7H,8H2/b7-4+. The fourth-order valence-corrected chi connectivity index (χ4v) is 0.768. The molecule has 0 fully saturated rings. The fourth-order valence-electron chi connectivity index (χ4n) is 0.768. The van der Waals surface area contributed by atoms with Crippen molar-refractivity contribution in [3.05, 3.63) is 42.0 Å². The van der Waals surface area contributed by atoms with Crippen molar-refractivity contribution in [3.63, 3.8) is 0 Å². The third-order valence-corrected chi connectivity index (χ3v) is 1.25. The van der Waals surface area contributed by atoms with E-state index in [1.165, 1.54) is 5.56 Å². The lowest BCUT2D eigenvalue weighted by Gasteiger charge is -1.88. The zero-order valence-electron chi connectivity index (χ0n) is 5.83. The molecule has 0 amide bonds. The summed E-state index contributed by atoms with van der Waals surface area (Å²) in [5, 5.41) is 0. The number of benzene rings is 1. The molecule has 1 rings (SSSR count). The first-order valence-corrected chi connectivity index (χ1v) is 3.35. The Hall–Kier alpha value is -0.975. The second kappa shape index (κ2) is 3.94. The van der Waals surface area contributed by atoms with Crippen LogP contribution in [0.3, 0.4) is 0 Å². The first-order chi connectivity index (χ1) is 4.93. The largest absolute Gasteiger partial charge is 0.0925 e. The molecular formula is C9H9B. The first kappa shape index (κ1) is 7.14. The van der Waals surface area contributed by atoms with Gasteiger partial charge in [-0.1, -0.05) is 48.8 Å². The summed E-state index contributed by atoms with van der Waals surface area (Å²) in [6.45, 7) is 0. The monoisotopic (exact) mass is 128 g/mol. The molecule has 0 aliphatic carbocycles. The number of hydrogen-bond acceptors (Lipinski definition) is 0. The van der Waals surface area contributed by atoms with Gasteiger partial charge in [-0.2, -0.15) is 0 Å². The van der Waals surface area contributed by atoms with E-state index in [1.807, 2.05) is 42.5 Å². The second-order valence-corrected chi connectivity index (χ2v) is 2.05. The van der Waals surface area contributed by atoms with Crippen LogP contribution in [0.4, 0.5) is 0 Å². The summed E-state index contributed by atoms with van der Waals surface area (Å²) >= 11 is 0. The van der Waals surface area contributed by atoms with Crippen molar-refractivity contribution in [2.24, 2.45) is 0 Å². The van der Waals surface area contributed by atoms with Crippen LogP contribution in [0.15, 0.2) is 36.4 Å². The van der Waals surface area contributed by atoms with Crippen LogP contribution in [-0.4, -0.2) is 7.85 Å². The molecule has 0 spiro atoms. The van der Waals surface area contributed by atoms with Gasteiger partial charge in [0.2, 0.25) is 0 Å². The molecule has 0 nitrogen and oxygen atoms in total. The molecule has 10 heavy (non-hydrogen) atoms. The molecule has 0 atom stereocenters. The normalized spacial score (nSPS) is 10.4. The molecule has 1 aromatic rings. The van der Waals surface area contributed by atoms with Gasteiger partial charge >= 0.3 is 0 Å². The molecule has 0 saturated carbocycles. The van der Waals surface area contributed by atoms with Crippen molar-refractivity contribution in [3.8, 4) is 0 Å². The van der Waals surface area contributed by atoms with Crippen LogP contribution in [0, 0.1) is 0 Å². The third-order valence-electron chi connectivity index (χ3n) is 1.25. The van der Waals surface area contributed by atoms with E-state index in [-0.39, 0.29) is 0 Å². The molecule has 0 bridgehead atoms. The van der Waals surface area contributed by atoms with E-state index in [2.05, 4.69) is 0 Å². The van der Waals surface area contributed by atoms with E-state index in [1.54, 1.807) is 0 Å². The summed E-state index contributed by atoms with van der Waals surface area (Å²) in [6.07, 6.45) is 4.56. The second-order valence-electron chi connectivity index (χ2n) is 2.05. The number of hydrogen-bond donors (Lipinski definition) is 0. The van der Waals surface area contributed by atoms with E-state index < -0.39 is 0 Å². The van der Waals surface area contributed by atoms with Crippen LogP contribution >= 0.6 is 0 Å². The van der Waals surface area contributed by atoms with E-state index in [9.17, 15) is 0 Å². The van der Waals surface area contributed by atoms with E-state index in [4.69, 9.17) is 7.85 Å². The van der Waals surface area contributed by atoms with Gasteiger partial charge in [-0.3, -0.25) is 0 Å². The van der Waals surface area contributed by atoms with Crippen molar-refractivity contribution in [2.75, 3.05) is 0 Å². The van der Waals surface area contributed by atoms with Gasteiger partial charge in [0.25, 0.3) is 0 Å². The molecule has 0 aliphatic rings. The molecule has 1 aromatic carbocycles. The maximum Gasteiger partial charge on any atom is 0.0708 e. The van der Waals surface area contributed by atoms with Gasteiger partial charge in [0, 0.05) is 0 Å². The number of allylic oxidation sites excluding steroid dienone is 1. The van der Waals surface area contributed by atoms with E-state index >= 15 is 0 Å². The van der Waals surface area contributed by atoms with Gasteiger partial charge in [0.05, 0.1) is 7.85 Å². The summed E-state index contributed by atoms with van der Waals surface area (Å²) in [5.41, 5.74) is 1.20. The Morgan fingerprint density at radius 3 is 2.50 bits per heavy atom. The summed E-state index contributed by atoms with van der Waals surface area (Å²) in [7, 11) is 5.29. The molecule has 48 valence electrons. The molecule has 0 heterocycles. The molecule has 2 radical (unpaired) electrons. The van der Waals surface area contributed by atoms with Gasteiger partial charge in [0.1, 0.15) is 0 Å². The minimum atomic E-state index is 0.606. The molecule has 0 aromatic heterocycles. The third kappa shape index (κ3) is 2.10. The molecular weight excluding hydrogens is 119 g/mol. The first-order valence-electron chi connectivity index (χ1n) is 3.35. The fraction of sp³-hybridized carbons (Fsp3) is 0.111. The van der Waals surface area contributed by atoms with Crippen LogP contribution in [0.1, 0.15) is 5.56 Å². The van der Waals surface area contributed by atoms with Crippen LogP contribution in [0.5, 0.6) is 0 Å². The highest BCUT2D eigenvalue weighted by atomic mass is 13.8. The molecule has 1 heteroatoms. The predicted molar refractivity (Wildman–Crippen MR) is 46.0 cm³/mol. The summed E-state index contributed by atoms with van der Waals surface area (Å²) in [4.78, 5) is 0. The Bertz CT molecular complexity index is 201. The zero-order chi connectivity index (χ0) is 7.23. The van der Waals surface area contributed by atoms with Gasteiger partial charge < -0.3 is 0 Å². The van der Waals surface area contributed by atoms with Crippen molar-refractivity contribution in [2.45, 2.75) is 6.32 Å². The maximum absolute atomic E-state index is 5.29. The predicted octanol–water partition coefficient (Wildman–Crippen LogP) is 2.29. The van der Waals surface area contributed by atoms with Crippen LogP contribution < -0.4 is 0 Å². The van der Waals surface area contributed by atoms with E-state index in [0.717, 1.165) is 0 Å². The molecule has 0 saturated heterocycles. The van der Waals surface area contributed by atoms with Crippen LogP contribution in [0.25, 0.3) is 6.08 Å². The summed E-state index contributed by atoms with van der Waals surface area (Å²) in [6, 6.07) is 10.1. The Balaban J connectivity index is 2.67. The minimum absolute atomic E-state index is 0.606. The lowest BCUT2D eigenvalue weighted by atomic mass is 10.0. The van der Waals surface area contributed by atoms with Crippen molar-refractivity contribution in [1.29, 1.82) is 0 Å². The summed E-state index contributed by atoms with van der Waals surface area (Å²) < 4.78 is 0. The van der Waals surface area contributed by atoms with Crippen LogP contribution in [-0.2, 0) is 0 Å².